The van der Waals surface area contributed by atoms with Crippen LogP contribution < -0.4 is 5.32 Å². The van der Waals surface area contributed by atoms with Gasteiger partial charge in [0.2, 0.25) is 5.91 Å². The van der Waals surface area contributed by atoms with E-state index in [-0.39, 0.29) is 12.5 Å². The minimum absolute atomic E-state index is 0.216. The summed E-state index contributed by atoms with van der Waals surface area (Å²) in [6.07, 6.45) is 2.50. The van der Waals surface area contributed by atoms with Gasteiger partial charge in [-0.05, 0) is 31.9 Å². The topological polar surface area (TPSA) is 69.6 Å². The highest BCUT2D eigenvalue weighted by atomic mass is 16.4. The number of likely N-dealkylation sites (tertiary alicyclic amines) is 1. The summed E-state index contributed by atoms with van der Waals surface area (Å²) < 4.78 is 0. The predicted octanol–water partition coefficient (Wildman–Crippen LogP) is 1.28. The van der Waals surface area contributed by atoms with E-state index in [0.29, 0.717) is 12.5 Å². The summed E-state index contributed by atoms with van der Waals surface area (Å²) in [5.74, 6) is -1.21. The Balaban J connectivity index is 1.90. The van der Waals surface area contributed by atoms with Crippen molar-refractivity contribution in [1.82, 2.24) is 10.2 Å². The molecule has 1 fully saturated rings. The average molecular weight is 290 g/mol. The molecule has 5 heteroatoms. The van der Waals surface area contributed by atoms with Crippen molar-refractivity contribution in [1.29, 1.82) is 0 Å². The molecule has 114 valence electrons. The Bertz CT molecular complexity index is 490. The van der Waals surface area contributed by atoms with Crippen LogP contribution >= 0.6 is 0 Å². The van der Waals surface area contributed by atoms with E-state index in [2.05, 4.69) is 17.1 Å². The third-order valence-electron chi connectivity index (χ3n) is 3.95. The third kappa shape index (κ3) is 4.56. The number of nitrogens with zero attached hydrogens (tertiary/aromatic N) is 1. The van der Waals surface area contributed by atoms with Gasteiger partial charge in [-0.1, -0.05) is 30.3 Å². The van der Waals surface area contributed by atoms with Gasteiger partial charge in [0.25, 0.3) is 0 Å². The molecule has 0 aliphatic carbocycles. The fourth-order valence-corrected chi connectivity index (χ4v) is 2.70. The maximum Gasteiger partial charge on any atom is 0.326 e. The van der Waals surface area contributed by atoms with Gasteiger partial charge in [-0.25, -0.2) is 4.79 Å². The first-order valence-electron chi connectivity index (χ1n) is 7.36. The van der Waals surface area contributed by atoms with Crippen molar-refractivity contribution in [2.45, 2.75) is 38.3 Å². The SMILES string of the molecule is CC1CCCN1CC(=O)N[C@@H](Cc1ccccc1)C(=O)O. The van der Waals surface area contributed by atoms with Crippen LogP contribution in [-0.4, -0.2) is 47.1 Å². The van der Waals surface area contributed by atoms with Crippen LogP contribution in [0.15, 0.2) is 30.3 Å². The molecule has 2 atom stereocenters. The van der Waals surface area contributed by atoms with Gasteiger partial charge in [0.05, 0.1) is 6.54 Å². The quantitative estimate of drug-likeness (QED) is 0.828. The highest BCUT2D eigenvalue weighted by molar-refractivity contribution is 5.84. The van der Waals surface area contributed by atoms with Crippen molar-refractivity contribution in [3.8, 4) is 0 Å². The normalized spacial score (nSPS) is 20.1. The zero-order chi connectivity index (χ0) is 15.2. The maximum atomic E-state index is 12.0. The number of amides is 1. The van der Waals surface area contributed by atoms with Crippen LogP contribution in [0, 0.1) is 0 Å². The fourth-order valence-electron chi connectivity index (χ4n) is 2.70. The Morgan fingerprint density at radius 3 is 2.67 bits per heavy atom. The number of benzene rings is 1. The van der Waals surface area contributed by atoms with Crippen LogP contribution in [0.25, 0.3) is 0 Å². The Morgan fingerprint density at radius 2 is 2.10 bits per heavy atom. The zero-order valence-corrected chi connectivity index (χ0v) is 12.3. The summed E-state index contributed by atoms with van der Waals surface area (Å²) in [6.45, 7) is 3.28. The molecule has 1 heterocycles. The van der Waals surface area contributed by atoms with E-state index in [4.69, 9.17) is 0 Å². The number of aliphatic carboxylic acids is 1. The van der Waals surface area contributed by atoms with Crippen LogP contribution in [0.2, 0.25) is 0 Å². The molecule has 1 unspecified atom stereocenters. The van der Waals surface area contributed by atoms with Crippen molar-refractivity contribution in [3.05, 3.63) is 35.9 Å². The number of carboxylic acid groups (broad SMARTS) is 1. The van der Waals surface area contributed by atoms with E-state index in [1.807, 2.05) is 30.3 Å². The lowest BCUT2D eigenvalue weighted by Gasteiger charge is -2.22. The molecule has 2 rings (SSSR count). The smallest absolute Gasteiger partial charge is 0.326 e. The number of carbonyl (C=O) groups excluding carboxylic acids is 1. The predicted molar refractivity (Wildman–Crippen MR) is 80.0 cm³/mol. The lowest BCUT2D eigenvalue weighted by atomic mass is 10.1. The summed E-state index contributed by atoms with van der Waals surface area (Å²) in [4.78, 5) is 25.4. The van der Waals surface area contributed by atoms with Gasteiger partial charge in [-0.15, -0.1) is 0 Å². The number of carbonyl (C=O) groups is 2. The number of hydrogen-bond acceptors (Lipinski definition) is 3. The van der Waals surface area contributed by atoms with Crippen LogP contribution in [0.5, 0.6) is 0 Å². The summed E-state index contributed by atoms with van der Waals surface area (Å²) in [7, 11) is 0. The van der Waals surface area contributed by atoms with Crippen LogP contribution in [0.3, 0.4) is 0 Å². The summed E-state index contributed by atoms with van der Waals surface area (Å²) in [5, 5.41) is 11.9. The van der Waals surface area contributed by atoms with Gasteiger partial charge in [-0.2, -0.15) is 0 Å². The Kier molecular flexibility index (Phi) is 5.33. The first-order valence-corrected chi connectivity index (χ1v) is 7.36. The van der Waals surface area contributed by atoms with Crippen LogP contribution in [0.4, 0.5) is 0 Å². The first kappa shape index (κ1) is 15.5. The average Bonchev–Trinajstić information content (AvgIpc) is 2.84. The molecule has 5 nitrogen and oxygen atoms in total. The maximum absolute atomic E-state index is 12.0. The molecule has 1 aromatic carbocycles. The first-order chi connectivity index (χ1) is 10.1. The Labute approximate surface area is 125 Å². The van der Waals surface area contributed by atoms with E-state index in [1.165, 1.54) is 0 Å². The molecule has 0 bridgehead atoms. The van der Waals surface area contributed by atoms with E-state index < -0.39 is 12.0 Å². The molecule has 1 aliphatic heterocycles. The highest BCUT2D eigenvalue weighted by Crippen LogP contribution is 2.15. The van der Waals surface area contributed by atoms with Crippen molar-refractivity contribution < 1.29 is 14.7 Å². The molecule has 0 saturated carbocycles. The van der Waals surface area contributed by atoms with E-state index in [1.54, 1.807) is 0 Å². The largest absolute Gasteiger partial charge is 0.480 e. The molecule has 1 aromatic rings. The van der Waals surface area contributed by atoms with Gasteiger partial charge >= 0.3 is 5.97 Å². The van der Waals surface area contributed by atoms with Crippen LogP contribution in [0.1, 0.15) is 25.3 Å². The highest BCUT2D eigenvalue weighted by Gasteiger charge is 2.25. The molecule has 21 heavy (non-hydrogen) atoms. The van der Waals surface area contributed by atoms with Gasteiger partial charge in [0, 0.05) is 12.5 Å². The Hall–Kier alpha value is -1.88. The molecular weight excluding hydrogens is 268 g/mol. The third-order valence-corrected chi connectivity index (χ3v) is 3.95. The lowest BCUT2D eigenvalue weighted by Crippen LogP contribution is -2.47. The lowest BCUT2D eigenvalue weighted by molar-refractivity contribution is -0.142. The fraction of sp³-hybridized carbons (Fsp3) is 0.500. The minimum Gasteiger partial charge on any atom is -0.480 e. The second-order valence-electron chi connectivity index (χ2n) is 5.61. The van der Waals surface area contributed by atoms with E-state index in [0.717, 1.165) is 24.9 Å². The van der Waals surface area contributed by atoms with Gasteiger partial charge in [0.15, 0.2) is 0 Å². The molecule has 1 amide bonds. The second-order valence-corrected chi connectivity index (χ2v) is 5.61. The number of hydrogen-bond donors (Lipinski definition) is 2. The summed E-state index contributed by atoms with van der Waals surface area (Å²) in [6, 6.07) is 8.86. The molecule has 0 spiro atoms. The van der Waals surface area contributed by atoms with Gasteiger partial charge in [-0.3, -0.25) is 9.69 Å². The molecule has 0 aromatic heterocycles. The molecule has 1 aliphatic rings. The van der Waals surface area contributed by atoms with Crippen molar-refractivity contribution in [3.63, 3.8) is 0 Å². The molecule has 0 radical (unpaired) electrons. The van der Waals surface area contributed by atoms with Crippen molar-refractivity contribution in [2.24, 2.45) is 0 Å². The number of carboxylic acids is 1. The second kappa shape index (κ2) is 7.22. The molecule has 1 saturated heterocycles. The number of nitrogens with one attached hydrogen (secondary N) is 1. The van der Waals surface area contributed by atoms with Gasteiger partial charge in [0.1, 0.15) is 6.04 Å². The summed E-state index contributed by atoms with van der Waals surface area (Å²) >= 11 is 0. The Morgan fingerprint density at radius 1 is 1.38 bits per heavy atom. The van der Waals surface area contributed by atoms with Crippen molar-refractivity contribution in [2.75, 3.05) is 13.1 Å². The van der Waals surface area contributed by atoms with E-state index >= 15 is 0 Å². The standard InChI is InChI=1S/C16H22N2O3/c1-12-6-5-9-18(12)11-15(19)17-14(16(20)21)10-13-7-3-2-4-8-13/h2-4,7-8,12,14H,5-6,9-11H2,1H3,(H,17,19)(H,20,21)/t12?,14-/m0/s1. The molecule has 2 N–H and O–H groups in total. The van der Waals surface area contributed by atoms with Crippen molar-refractivity contribution >= 4 is 11.9 Å². The van der Waals surface area contributed by atoms with Gasteiger partial charge < -0.3 is 10.4 Å². The number of rotatable bonds is 6. The zero-order valence-electron chi connectivity index (χ0n) is 12.3. The monoisotopic (exact) mass is 290 g/mol. The molecular formula is C16H22N2O3. The van der Waals surface area contributed by atoms with E-state index in [9.17, 15) is 14.7 Å². The summed E-state index contributed by atoms with van der Waals surface area (Å²) in [5.41, 5.74) is 0.903. The minimum atomic E-state index is -0.998. The van der Waals surface area contributed by atoms with Crippen LogP contribution in [-0.2, 0) is 16.0 Å².